The third-order valence-corrected chi connectivity index (χ3v) is 6.09. The van der Waals surface area contributed by atoms with Gasteiger partial charge in [-0.2, -0.15) is 0 Å². The van der Waals surface area contributed by atoms with Gasteiger partial charge in [0.25, 0.3) is 0 Å². The number of nitrogens with zero attached hydrogens (tertiary/aromatic N) is 6. The lowest BCUT2D eigenvalue weighted by Crippen LogP contribution is -2.16. The number of thioether (sulfide) groups is 2. The van der Waals surface area contributed by atoms with Crippen molar-refractivity contribution in [3.05, 3.63) is 47.0 Å². The highest BCUT2D eigenvalue weighted by Crippen LogP contribution is 2.27. The normalized spacial score (nSPS) is 15.2. The zero-order valence-electron chi connectivity index (χ0n) is 13.5. The van der Waals surface area contributed by atoms with Gasteiger partial charge in [0.1, 0.15) is 0 Å². The topological polar surface area (TPSA) is 113 Å². The van der Waals surface area contributed by atoms with Gasteiger partial charge in [-0.1, -0.05) is 47.8 Å². The molecule has 1 aromatic carbocycles. The van der Waals surface area contributed by atoms with Crippen molar-refractivity contribution in [2.75, 3.05) is 11.7 Å². The average Bonchev–Trinajstić information content (AvgIpc) is 3.15. The number of aromatic nitrogens is 6. The molecule has 4 bridgehead atoms. The lowest BCUT2D eigenvalue weighted by atomic mass is 10.1. The molecule has 25 heavy (non-hydrogen) atoms. The van der Waals surface area contributed by atoms with Crippen LogP contribution in [0.15, 0.2) is 34.6 Å². The Kier molecular flexibility index (Phi) is 4.53. The van der Waals surface area contributed by atoms with Gasteiger partial charge in [0.05, 0.1) is 0 Å². The van der Waals surface area contributed by atoms with E-state index in [0.29, 0.717) is 0 Å². The van der Waals surface area contributed by atoms with E-state index in [2.05, 4.69) is 32.5 Å². The van der Waals surface area contributed by atoms with Crippen LogP contribution in [0.4, 0.5) is 0 Å². The molecule has 10 heteroatoms. The minimum atomic E-state index is 0.718. The Balaban J connectivity index is 1.68. The van der Waals surface area contributed by atoms with Gasteiger partial charge in [-0.15, -0.1) is 20.4 Å². The summed E-state index contributed by atoms with van der Waals surface area (Å²) in [6.45, 7) is 0. The van der Waals surface area contributed by atoms with Crippen LogP contribution in [0.1, 0.15) is 29.2 Å². The second-order valence-corrected chi connectivity index (χ2v) is 7.62. The molecule has 0 amide bonds. The summed E-state index contributed by atoms with van der Waals surface area (Å²) in [5.41, 5.74) is 2.48. The van der Waals surface area contributed by atoms with Crippen molar-refractivity contribution >= 4 is 23.5 Å². The Hall–Kier alpha value is -2.20. The standard InChI is InChI=1S/C15H18N8S2/c16-22-12-6-3-7-13-19-21-15(23(13)17)25-9-11-5-2-1-4-10(11)8-24-14(22)20-18-12/h1-2,4-5H,3,6-9,16-17H2. The largest absolute Gasteiger partial charge is 0.336 e. The summed E-state index contributed by atoms with van der Waals surface area (Å²) in [6.07, 6.45) is 2.27. The Labute approximate surface area is 153 Å². The molecule has 2 aromatic heterocycles. The number of nitrogen functional groups attached to an aromatic ring is 2. The van der Waals surface area contributed by atoms with Crippen LogP contribution in [-0.4, -0.2) is 29.7 Å². The number of hydrogen-bond acceptors (Lipinski definition) is 8. The van der Waals surface area contributed by atoms with Gasteiger partial charge in [0.15, 0.2) is 11.6 Å². The molecule has 1 aliphatic heterocycles. The third kappa shape index (κ3) is 3.31. The number of benzene rings is 1. The highest BCUT2D eigenvalue weighted by Gasteiger charge is 2.15. The molecule has 4 rings (SSSR count). The maximum Gasteiger partial charge on any atom is 0.210 e. The summed E-state index contributed by atoms with van der Waals surface area (Å²) >= 11 is 3.20. The van der Waals surface area contributed by atoms with Crippen LogP contribution in [-0.2, 0) is 24.3 Å². The lowest BCUT2D eigenvalue weighted by molar-refractivity contribution is 0.684. The van der Waals surface area contributed by atoms with E-state index in [0.717, 1.165) is 52.7 Å². The predicted molar refractivity (Wildman–Crippen MR) is 97.9 cm³/mol. The van der Waals surface area contributed by atoms with E-state index in [1.165, 1.54) is 11.1 Å². The number of aryl methyl sites for hydroxylation is 2. The average molecular weight is 374 g/mol. The van der Waals surface area contributed by atoms with E-state index in [1.54, 1.807) is 32.9 Å². The number of fused-ring (bicyclic) bond motifs is 5. The molecule has 130 valence electrons. The molecule has 0 unspecified atom stereocenters. The lowest BCUT2D eigenvalue weighted by Gasteiger charge is -2.09. The third-order valence-electron chi connectivity index (χ3n) is 4.10. The van der Waals surface area contributed by atoms with Crippen LogP contribution in [0.3, 0.4) is 0 Å². The highest BCUT2D eigenvalue weighted by atomic mass is 32.2. The molecule has 0 radical (unpaired) electrons. The van der Waals surface area contributed by atoms with Gasteiger partial charge in [0.2, 0.25) is 10.3 Å². The van der Waals surface area contributed by atoms with Gasteiger partial charge in [-0.25, -0.2) is 9.35 Å². The van der Waals surface area contributed by atoms with Crippen molar-refractivity contribution in [3.63, 3.8) is 0 Å². The minimum Gasteiger partial charge on any atom is -0.336 e. The SMILES string of the molecule is Nn1c2nnc1SCc1ccccc1CSc1nnc(n1N)CCC2. The molecule has 0 saturated heterocycles. The molecular weight excluding hydrogens is 356 g/mol. The molecule has 0 saturated carbocycles. The van der Waals surface area contributed by atoms with E-state index in [-0.39, 0.29) is 0 Å². The second-order valence-electron chi connectivity index (χ2n) is 5.74. The van der Waals surface area contributed by atoms with E-state index in [1.807, 2.05) is 12.1 Å². The quantitative estimate of drug-likeness (QED) is 0.567. The van der Waals surface area contributed by atoms with Gasteiger partial charge >= 0.3 is 0 Å². The molecule has 0 atom stereocenters. The summed E-state index contributed by atoms with van der Waals surface area (Å²) in [4.78, 5) is 0. The van der Waals surface area contributed by atoms with E-state index < -0.39 is 0 Å². The van der Waals surface area contributed by atoms with Crippen LogP contribution < -0.4 is 11.7 Å². The molecule has 0 spiro atoms. The zero-order valence-corrected chi connectivity index (χ0v) is 15.1. The highest BCUT2D eigenvalue weighted by molar-refractivity contribution is 7.98. The Morgan fingerprint density at radius 1 is 0.760 bits per heavy atom. The minimum absolute atomic E-state index is 0.718. The van der Waals surface area contributed by atoms with Gasteiger partial charge in [-0.05, 0) is 17.5 Å². The fraction of sp³-hybridized carbons (Fsp3) is 0.333. The fourth-order valence-electron chi connectivity index (χ4n) is 2.68. The zero-order chi connectivity index (χ0) is 17.2. The fourth-order valence-corrected chi connectivity index (χ4v) is 4.50. The van der Waals surface area contributed by atoms with Crippen LogP contribution >= 0.6 is 23.5 Å². The van der Waals surface area contributed by atoms with Crippen molar-refractivity contribution in [2.45, 2.75) is 41.1 Å². The summed E-state index contributed by atoms with van der Waals surface area (Å²) in [6, 6.07) is 8.33. The molecule has 1 aliphatic rings. The van der Waals surface area contributed by atoms with E-state index in [9.17, 15) is 0 Å². The number of rotatable bonds is 0. The predicted octanol–water partition coefficient (Wildman–Crippen LogP) is 1.37. The summed E-state index contributed by atoms with van der Waals surface area (Å²) in [5, 5.41) is 18.3. The molecule has 0 fully saturated rings. The van der Waals surface area contributed by atoms with Crippen molar-refractivity contribution in [2.24, 2.45) is 0 Å². The Bertz CT molecular complexity index is 816. The first-order valence-electron chi connectivity index (χ1n) is 7.93. The van der Waals surface area contributed by atoms with Gasteiger partial charge in [0, 0.05) is 24.3 Å². The molecule has 8 nitrogen and oxygen atoms in total. The van der Waals surface area contributed by atoms with Crippen molar-refractivity contribution in [1.29, 1.82) is 0 Å². The Morgan fingerprint density at radius 2 is 1.24 bits per heavy atom. The first-order valence-corrected chi connectivity index (χ1v) is 9.90. The van der Waals surface area contributed by atoms with Crippen molar-refractivity contribution in [1.82, 2.24) is 29.7 Å². The molecule has 3 aromatic rings. The van der Waals surface area contributed by atoms with Crippen molar-refractivity contribution < 1.29 is 0 Å². The maximum absolute atomic E-state index is 6.15. The van der Waals surface area contributed by atoms with Crippen LogP contribution in [0, 0.1) is 0 Å². The van der Waals surface area contributed by atoms with Gasteiger partial charge < -0.3 is 11.7 Å². The Morgan fingerprint density at radius 3 is 1.72 bits per heavy atom. The molecule has 4 N–H and O–H groups in total. The van der Waals surface area contributed by atoms with Crippen LogP contribution in [0.25, 0.3) is 0 Å². The van der Waals surface area contributed by atoms with Crippen LogP contribution in [0.5, 0.6) is 0 Å². The van der Waals surface area contributed by atoms with Gasteiger partial charge in [-0.3, -0.25) is 0 Å². The van der Waals surface area contributed by atoms with Crippen molar-refractivity contribution in [3.8, 4) is 0 Å². The summed E-state index contributed by atoms with van der Waals surface area (Å²) in [7, 11) is 0. The summed E-state index contributed by atoms with van der Waals surface area (Å²) < 4.78 is 3.17. The first-order chi connectivity index (χ1) is 12.2. The van der Waals surface area contributed by atoms with Crippen LogP contribution in [0.2, 0.25) is 0 Å². The molecule has 0 aliphatic carbocycles. The van der Waals surface area contributed by atoms with E-state index >= 15 is 0 Å². The maximum atomic E-state index is 6.15. The summed E-state index contributed by atoms with van der Waals surface area (Å²) in [5.74, 6) is 15.4. The first kappa shape index (κ1) is 16.3. The number of nitrogens with two attached hydrogens (primary N) is 2. The molecule has 3 heterocycles. The molecular formula is C15H18N8S2. The smallest absolute Gasteiger partial charge is 0.210 e. The monoisotopic (exact) mass is 374 g/mol. The second kappa shape index (κ2) is 6.96. The number of hydrogen-bond donors (Lipinski definition) is 2. The van der Waals surface area contributed by atoms with E-state index in [4.69, 9.17) is 11.7 Å².